The number of aromatic nitrogens is 4. The SMILES string of the molecule is c1ncn(-c2ccc(N3CCNCC3)cn2)n1. The zero-order chi connectivity index (χ0) is 11.5. The van der Waals surface area contributed by atoms with Crippen LogP contribution in [0.2, 0.25) is 0 Å². The molecule has 17 heavy (non-hydrogen) atoms. The number of rotatable bonds is 2. The van der Waals surface area contributed by atoms with Crippen LogP contribution in [0, 0.1) is 0 Å². The number of hydrogen-bond donors (Lipinski definition) is 1. The number of hydrogen-bond acceptors (Lipinski definition) is 5. The van der Waals surface area contributed by atoms with Gasteiger partial charge >= 0.3 is 0 Å². The van der Waals surface area contributed by atoms with Crippen molar-refractivity contribution in [2.24, 2.45) is 0 Å². The third-order valence-electron chi connectivity index (χ3n) is 2.87. The Kier molecular flexibility index (Phi) is 2.71. The quantitative estimate of drug-likeness (QED) is 0.791. The van der Waals surface area contributed by atoms with Gasteiger partial charge in [-0.3, -0.25) is 0 Å². The average molecular weight is 230 g/mol. The number of anilines is 1. The molecule has 0 saturated carbocycles. The van der Waals surface area contributed by atoms with E-state index in [0.717, 1.165) is 37.7 Å². The van der Waals surface area contributed by atoms with E-state index in [2.05, 4.69) is 31.3 Å². The molecule has 0 radical (unpaired) electrons. The maximum Gasteiger partial charge on any atom is 0.155 e. The Bertz CT molecular complexity index is 457. The molecule has 1 saturated heterocycles. The number of nitrogens with one attached hydrogen (secondary N) is 1. The van der Waals surface area contributed by atoms with Crippen molar-refractivity contribution in [3.8, 4) is 5.82 Å². The fourth-order valence-electron chi connectivity index (χ4n) is 1.95. The summed E-state index contributed by atoms with van der Waals surface area (Å²) < 4.78 is 1.65. The Labute approximate surface area is 99.3 Å². The van der Waals surface area contributed by atoms with Crippen molar-refractivity contribution < 1.29 is 0 Å². The molecule has 3 rings (SSSR count). The van der Waals surface area contributed by atoms with E-state index in [9.17, 15) is 0 Å². The van der Waals surface area contributed by atoms with Crippen LogP contribution in [0.1, 0.15) is 0 Å². The third kappa shape index (κ3) is 2.12. The van der Waals surface area contributed by atoms with Gasteiger partial charge in [-0.1, -0.05) is 0 Å². The van der Waals surface area contributed by atoms with Gasteiger partial charge in [0.25, 0.3) is 0 Å². The Hall–Kier alpha value is -1.95. The molecule has 0 unspecified atom stereocenters. The number of nitrogens with zero attached hydrogens (tertiary/aromatic N) is 5. The number of piperazine rings is 1. The molecule has 0 aromatic carbocycles. The predicted octanol–water partition coefficient (Wildman–Crippen LogP) is 0.0719. The van der Waals surface area contributed by atoms with Crippen molar-refractivity contribution in [3.63, 3.8) is 0 Å². The van der Waals surface area contributed by atoms with Crippen molar-refractivity contribution in [3.05, 3.63) is 31.0 Å². The number of pyridine rings is 1. The molecule has 0 atom stereocenters. The lowest BCUT2D eigenvalue weighted by Gasteiger charge is -2.29. The smallest absolute Gasteiger partial charge is 0.155 e. The summed E-state index contributed by atoms with van der Waals surface area (Å²) in [7, 11) is 0. The molecule has 6 heteroatoms. The summed E-state index contributed by atoms with van der Waals surface area (Å²) in [5.74, 6) is 0.793. The van der Waals surface area contributed by atoms with E-state index in [-0.39, 0.29) is 0 Å². The minimum Gasteiger partial charge on any atom is -0.368 e. The molecule has 1 fully saturated rings. The summed E-state index contributed by atoms with van der Waals surface area (Å²) in [5.41, 5.74) is 1.16. The van der Waals surface area contributed by atoms with Crippen LogP contribution in [0.3, 0.4) is 0 Å². The van der Waals surface area contributed by atoms with E-state index in [1.807, 2.05) is 12.3 Å². The van der Waals surface area contributed by atoms with Crippen molar-refractivity contribution in [1.82, 2.24) is 25.1 Å². The summed E-state index contributed by atoms with van der Waals surface area (Å²) in [6.45, 7) is 4.13. The molecule has 88 valence electrons. The van der Waals surface area contributed by atoms with E-state index in [1.165, 1.54) is 6.33 Å². The first-order valence-electron chi connectivity index (χ1n) is 5.70. The molecule has 0 spiro atoms. The van der Waals surface area contributed by atoms with E-state index < -0.39 is 0 Å². The Morgan fingerprint density at radius 3 is 2.71 bits per heavy atom. The molecular weight excluding hydrogens is 216 g/mol. The molecule has 3 heterocycles. The van der Waals surface area contributed by atoms with E-state index in [0.29, 0.717) is 0 Å². The molecule has 0 bridgehead atoms. The van der Waals surface area contributed by atoms with Crippen LogP contribution in [0.4, 0.5) is 5.69 Å². The first-order chi connectivity index (χ1) is 8.43. The second-order valence-electron chi connectivity index (χ2n) is 3.95. The summed E-state index contributed by atoms with van der Waals surface area (Å²) >= 11 is 0. The fraction of sp³-hybridized carbons (Fsp3) is 0.364. The lowest BCUT2D eigenvalue weighted by Crippen LogP contribution is -2.43. The molecule has 1 N–H and O–H groups in total. The molecule has 1 aliphatic heterocycles. The predicted molar refractivity (Wildman–Crippen MR) is 64.2 cm³/mol. The van der Waals surface area contributed by atoms with Crippen LogP contribution >= 0.6 is 0 Å². The average Bonchev–Trinajstić information content (AvgIpc) is 2.94. The maximum absolute atomic E-state index is 4.39. The van der Waals surface area contributed by atoms with Crippen LogP contribution in [-0.4, -0.2) is 45.9 Å². The molecular formula is C11H14N6. The van der Waals surface area contributed by atoms with Gasteiger partial charge in [-0.15, -0.1) is 0 Å². The van der Waals surface area contributed by atoms with Gasteiger partial charge in [0.1, 0.15) is 12.7 Å². The highest BCUT2D eigenvalue weighted by Crippen LogP contribution is 2.14. The van der Waals surface area contributed by atoms with Crippen molar-refractivity contribution in [2.45, 2.75) is 0 Å². The van der Waals surface area contributed by atoms with E-state index in [1.54, 1.807) is 11.0 Å². The van der Waals surface area contributed by atoms with Gasteiger partial charge in [0, 0.05) is 26.2 Å². The second-order valence-corrected chi connectivity index (χ2v) is 3.95. The van der Waals surface area contributed by atoms with Crippen LogP contribution < -0.4 is 10.2 Å². The zero-order valence-corrected chi connectivity index (χ0v) is 9.45. The molecule has 0 amide bonds. The van der Waals surface area contributed by atoms with Gasteiger partial charge in [0.05, 0.1) is 11.9 Å². The summed E-state index contributed by atoms with van der Waals surface area (Å²) in [4.78, 5) is 10.6. The summed E-state index contributed by atoms with van der Waals surface area (Å²) in [5, 5.41) is 7.38. The van der Waals surface area contributed by atoms with Crippen LogP contribution in [0.5, 0.6) is 0 Å². The van der Waals surface area contributed by atoms with Gasteiger partial charge in [-0.05, 0) is 12.1 Å². The molecule has 1 aliphatic rings. The maximum atomic E-state index is 4.39. The highest BCUT2D eigenvalue weighted by molar-refractivity contribution is 5.46. The van der Waals surface area contributed by atoms with Gasteiger partial charge in [0.2, 0.25) is 0 Å². The topological polar surface area (TPSA) is 58.9 Å². The van der Waals surface area contributed by atoms with Crippen LogP contribution in [-0.2, 0) is 0 Å². The van der Waals surface area contributed by atoms with Crippen LogP contribution in [0.15, 0.2) is 31.0 Å². The zero-order valence-electron chi connectivity index (χ0n) is 9.45. The lowest BCUT2D eigenvalue weighted by molar-refractivity contribution is 0.588. The summed E-state index contributed by atoms with van der Waals surface area (Å²) in [6.07, 6.45) is 5.04. The van der Waals surface area contributed by atoms with Gasteiger partial charge in [-0.25, -0.2) is 14.6 Å². The third-order valence-corrected chi connectivity index (χ3v) is 2.87. The first-order valence-corrected chi connectivity index (χ1v) is 5.70. The molecule has 2 aromatic rings. The second kappa shape index (κ2) is 4.50. The van der Waals surface area contributed by atoms with Crippen LogP contribution in [0.25, 0.3) is 5.82 Å². The lowest BCUT2D eigenvalue weighted by atomic mass is 10.3. The monoisotopic (exact) mass is 230 g/mol. The van der Waals surface area contributed by atoms with Gasteiger partial charge in [-0.2, -0.15) is 5.10 Å². The normalized spacial score (nSPS) is 16.1. The van der Waals surface area contributed by atoms with Crippen molar-refractivity contribution in [1.29, 1.82) is 0 Å². The largest absolute Gasteiger partial charge is 0.368 e. The summed E-state index contributed by atoms with van der Waals surface area (Å²) in [6, 6.07) is 4.04. The van der Waals surface area contributed by atoms with Gasteiger partial charge < -0.3 is 10.2 Å². The Morgan fingerprint density at radius 1 is 1.18 bits per heavy atom. The highest BCUT2D eigenvalue weighted by atomic mass is 15.3. The fourth-order valence-corrected chi connectivity index (χ4v) is 1.95. The molecule has 0 aliphatic carbocycles. The standard InChI is InChI=1S/C11H14N6/c1-2-11(17-9-13-8-15-17)14-7-10(1)16-5-3-12-4-6-16/h1-2,7-9,12H,3-6H2. The van der Waals surface area contributed by atoms with E-state index in [4.69, 9.17) is 0 Å². The molecule has 6 nitrogen and oxygen atoms in total. The minimum atomic E-state index is 0.793. The Morgan fingerprint density at radius 2 is 2.06 bits per heavy atom. The molecule has 2 aromatic heterocycles. The highest BCUT2D eigenvalue weighted by Gasteiger charge is 2.10. The van der Waals surface area contributed by atoms with Crippen molar-refractivity contribution >= 4 is 5.69 Å². The minimum absolute atomic E-state index is 0.793. The van der Waals surface area contributed by atoms with E-state index >= 15 is 0 Å². The van der Waals surface area contributed by atoms with Crippen molar-refractivity contribution in [2.75, 3.05) is 31.1 Å². The van der Waals surface area contributed by atoms with Gasteiger partial charge in [0.15, 0.2) is 5.82 Å². The Balaban J connectivity index is 1.80. The first kappa shape index (κ1) is 10.2.